The summed E-state index contributed by atoms with van der Waals surface area (Å²) in [5.41, 5.74) is 4.38. The molecule has 2 amide bonds. The molecule has 5 heteroatoms. The Labute approximate surface area is 187 Å². The maximum atomic E-state index is 13.6. The molecule has 0 saturated carbocycles. The van der Waals surface area contributed by atoms with Gasteiger partial charge in [0, 0.05) is 17.3 Å². The second-order valence-corrected chi connectivity index (χ2v) is 7.93. The zero-order chi connectivity index (χ0) is 22.0. The summed E-state index contributed by atoms with van der Waals surface area (Å²) in [4.78, 5) is 30.3. The predicted octanol–water partition coefficient (Wildman–Crippen LogP) is 5.46. The highest BCUT2D eigenvalue weighted by atomic mass is 35.5. The number of imide groups is 1. The molecule has 0 aliphatic carbocycles. The summed E-state index contributed by atoms with van der Waals surface area (Å²) in [6.07, 6.45) is 0. The van der Waals surface area contributed by atoms with Crippen LogP contribution in [-0.4, -0.2) is 23.3 Å². The van der Waals surface area contributed by atoms with Gasteiger partial charge in [0.1, 0.15) is 5.70 Å². The zero-order valence-corrected chi connectivity index (χ0v) is 18.3. The van der Waals surface area contributed by atoms with Crippen molar-refractivity contribution in [2.24, 2.45) is 0 Å². The summed E-state index contributed by atoms with van der Waals surface area (Å²) < 4.78 is 0. The lowest BCUT2D eigenvalue weighted by molar-refractivity contribution is -0.137. The monoisotopic (exact) mass is 430 g/mol. The van der Waals surface area contributed by atoms with Gasteiger partial charge in [0.2, 0.25) is 0 Å². The smallest absolute Gasteiger partial charge is 0.278 e. The molecule has 156 valence electrons. The molecule has 1 heterocycles. The molecule has 0 N–H and O–H groups in total. The number of benzene rings is 3. The molecule has 0 fully saturated rings. The maximum absolute atomic E-state index is 13.6. The average Bonchev–Trinajstić information content (AvgIpc) is 3.02. The molecule has 4 nitrogen and oxygen atoms in total. The van der Waals surface area contributed by atoms with Crippen LogP contribution in [0, 0.1) is 6.92 Å². The fourth-order valence-electron chi connectivity index (χ4n) is 3.79. The lowest BCUT2D eigenvalue weighted by Crippen LogP contribution is -2.34. The lowest BCUT2D eigenvalue weighted by Gasteiger charge is -2.25. The number of carbonyl (C=O) groups excluding carboxylic acids is 2. The van der Waals surface area contributed by atoms with Crippen molar-refractivity contribution in [1.82, 2.24) is 4.90 Å². The standard InChI is InChI=1S/C26H23ClN2O2/c1-3-28(22-7-5-4-6-8-22)24-23(20-13-15-21(27)16-14-20)25(30)29(26(24)31)17-19-11-9-18(2)10-12-19/h4-16H,3,17H2,1-2H3. The van der Waals surface area contributed by atoms with E-state index >= 15 is 0 Å². The van der Waals surface area contributed by atoms with Gasteiger partial charge in [-0.3, -0.25) is 14.5 Å². The van der Waals surface area contributed by atoms with Crippen molar-refractivity contribution < 1.29 is 9.59 Å². The van der Waals surface area contributed by atoms with E-state index in [1.165, 1.54) is 4.90 Å². The van der Waals surface area contributed by atoms with E-state index in [2.05, 4.69) is 0 Å². The molecule has 0 radical (unpaired) electrons. The number of likely N-dealkylation sites (N-methyl/N-ethyl adjacent to an activating group) is 1. The number of nitrogens with zero attached hydrogens (tertiary/aromatic N) is 2. The number of hydrogen-bond donors (Lipinski definition) is 0. The summed E-state index contributed by atoms with van der Waals surface area (Å²) in [7, 11) is 0. The molecule has 0 unspecified atom stereocenters. The van der Waals surface area contributed by atoms with E-state index in [9.17, 15) is 9.59 Å². The molecule has 0 spiro atoms. The van der Waals surface area contributed by atoms with Gasteiger partial charge in [-0.15, -0.1) is 0 Å². The van der Waals surface area contributed by atoms with Crippen LogP contribution in [0.3, 0.4) is 0 Å². The number of hydrogen-bond acceptors (Lipinski definition) is 3. The summed E-state index contributed by atoms with van der Waals surface area (Å²) >= 11 is 6.07. The largest absolute Gasteiger partial charge is 0.337 e. The molecule has 0 aromatic heterocycles. The Kier molecular flexibility index (Phi) is 5.92. The molecule has 1 aliphatic heterocycles. The molecule has 1 aliphatic rings. The van der Waals surface area contributed by atoms with Crippen LogP contribution in [0.4, 0.5) is 5.69 Å². The van der Waals surface area contributed by atoms with E-state index in [-0.39, 0.29) is 18.4 Å². The topological polar surface area (TPSA) is 40.6 Å². The van der Waals surface area contributed by atoms with Gasteiger partial charge in [-0.2, -0.15) is 0 Å². The van der Waals surface area contributed by atoms with Crippen LogP contribution in [0.2, 0.25) is 5.02 Å². The van der Waals surface area contributed by atoms with Gasteiger partial charge in [0.25, 0.3) is 11.8 Å². The summed E-state index contributed by atoms with van der Waals surface area (Å²) in [5.74, 6) is -0.585. The van der Waals surface area contributed by atoms with E-state index in [0.29, 0.717) is 28.4 Å². The Balaban J connectivity index is 1.81. The lowest BCUT2D eigenvalue weighted by atomic mass is 10.0. The number of rotatable bonds is 6. The Morgan fingerprint density at radius 1 is 0.839 bits per heavy atom. The minimum absolute atomic E-state index is 0.227. The van der Waals surface area contributed by atoms with Gasteiger partial charge in [0.15, 0.2) is 0 Å². The zero-order valence-electron chi connectivity index (χ0n) is 17.5. The average molecular weight is 431 g/mol. The first-order valence-corrected chi connectivity index (χ1v) is 10.6. The van der Waals surface area contributed by atoms with Crippen molar-refractivity contribution in [3.8, 4) is 0 Å². The number of aryl methyl sites for hydroxylation is 1. The third-order valence-corrected chi connectivity index (χ3v) is 5.64. The SMILES string of the molecule is CCN(C1=C(c2ccc(Cl)cc2)C(=O)N(Cc2ccc(C)cc2)C1=O)c1ccccc1. The number of amides is 2. The number of halogens is 1. The molecular formula is C26H23ClN2O2. The highest BCUT2D eigenvalue weighted by Gasteiger charge is 2.41. The number of carbonyl (C=O) groups is 2. The Morgan fingerprint density at radius 2 is 1.48 bits per heavy atom. The maximum Gasteiger partial charge on any atom is 0.278 e. The van der Waals surface area contributed by atoms with Gasteiger partial charge in [-0.05, 0) is 49.2 Å². The molecule has 31 heavy (non-hydrogen) atoms. The highest BCUT2D eigenvalue weighted by Crippen LogP contribution is 2.35. The third kappa shape index (κ3) is 4.12. The van der Waals surface area contributed by atoms with E-state index in [4.69, 9.17) is 11.6 Å². The van der Waals surface area contributed by atoms with E-state index in [0.717, 1.165) is 16.8 Å². The molecular weight excluding hydrogens is 408 g/mol. The minimum atomic E-state index is -0.294. The predicted molar refractivity (Wildman–Crippen MR) is 125 cm³/mol. The van der Waals surface area contributed by atoms with Crippen LogP contribution in [-0.2, 0) is 16.1 Å². The first-order valence-electron chi connectivity index (χ1n) is 10.2. The van der Waals surface area contributed by atoms with E-state index < -0.39 is 0 Å². The van der Waals surface area contributed by atoms with Crippen LogP contribution < -0.4 is 4.90 Å². The van der Waals surface area contributed by atoms with Gasteiger partial charge in [-0.1, -0.05) is 71.8 Å². The first-order chi connectivity index (χ1) is 15.0. The first kappa shape index (κ1) is 20.9. The Morgan fingerprint density at radius 3 is 2.10 bits per heavy atom. The third-order valence-electron chi connectivity index (χ3n) is 5.39. The van der Waals surface area contributed by atoms with Crippen LogP contribution in [0.1, 0.15) is 23.6 Å². The van der Waals surface area contributed by atoms with Crippen LogP contribution in [0.25, 0.3) is 5.57 Å². The fraction of sp³-hybridized carbons (Fsp3) is 0.154. The number of para-hydroxylation sites is 1. The molecule has 4 rings (SSSR count). The fourth-order valence-corrected chi connectivity index (χ4v) is 3.91. The Bertz CT molecular complexity index is 1140. The van der Waals surface area contributed by atoms with Gasteiger partial charge < -0.3 is 4.90 Å². The van der Waals surface area contributed by atoms with E-state index in [1.54, 1.807) is 24.3 Å². The van der Waals surface area contributed by atoms with Gasteiger partial charge in [-0.25, -0.2) is 0 Å². The van der Waals surface area contributed by atoms with Gasteiger partial charge >= 0.3 is 0 Å². The summed E-state index contributed by atoms with van der Waals surface area (Å²) in [5, 5.41) is 0.578. The van der Waals surface area contributed by atoms with Crippen molar-refractivity contribution >= 4 is 34.7 Å². The van der Waals surface area contributed by atoms with Crippen molar-refractivity contribution in [2.75, 3.05) is 11.4 Å². The van der Waals surface area contributed by atoms with Crippen molar-refractivity contribution in [3.05, 3.63) is 106 Å². The van der Waals surface area contributed by atoms with Crippen molar-refractivity contribution in [3.63, 3.8) is 0 Å². The van der Waals surface area contributed by atoms with Crippen molar-refractivity contribution in [2.45, 2.75) is 20.4 Å². The molecule has 0 atom stereocenters. The Hall–Kier alpha value is -3.37. The van der Waals surface area contributed by atoms with Crippen LogP contribution in [0.15, 0.2) is 84.6 Å². The second kappa shape index (κ2) is 8.78. The normalized spacial score (nSPS) is 13.8. The van der Waals surface area contributed by atoms with Gasteiger partial charge in [0.05, 0.1) is 12.1 Å². The van der Waals surface area contributed by atoms with E-state index in [1.807, 2.05) is 73.3 Å². The molecule has 3 aromatic carbocycles. The molecule has 0 saturated heterocycles. The van der Waals surface area contributed by atoms with Crippen LogP contribution >= 0.6 is 11.6 Å². The minimum Gasteiger partial charge on any atom is -0.337 e. The molecule has 0 bridgehead atoms. The quantitative estimate of drug-likeness (QED) is 0.488. The molecule has 3 aromatic rings. The summed E-state index contributed by atoms with van der Waals surface area (Å²) in [6, 6.07) is 24.6. The highest BCUT2D eigenvalue weighted by molar-refractivity contribution is 6.37. The second-order valence-electron chi connectivity index (χ2n) is 7.49. The van der Waals surface area contributed by atoms with Crippen molar-refractivity contribution in [1.29, 1.82) is 0 Å². The van der Waals surface area contributed by atoms with Crippen LogP contribution in [0.5, 0.6) is 0 Å². The summed E-state index contributed by atoms with van der Waals surface area (Å²) in [6.45, 7) is 4.76. The number of anilines is 1.